The van der Waals surface area contributed by atoms with Gasteiger partial charge in [0.1, 0.15) is 0 Å². The number of hydrogen-bond acceptors (Lipinski definition) is 4. The van der Waals surface area contributed by atoms with Gasteiger partial charge in [-0.1, -0.05) is 6.07 Å². The highest BCUT2D eigenvalue weighted by atomic mass is 16.6. The fourth-order valence-corrected chi connectivity index (χ4v) is 1.83. The van der Waals surface area contributed by atoms with Crippen molar-refractivity contribution in [3.8, 4) is 0 Å². The van der Waals surface area contributed by atoms with Crippen LogP contribution in [0.15, 0.2) is 18.2 Å². The third-order valence-electron chi connectivity index (χ3n) is 2.96. The highest BCUT2D eigenvalue weighted by molar-refractivity contribution is 5.96. The maximum Gasteiger partial charge on any atom is 0.303 e. The summed E-state index contributed by atoms with van der Waals surface area (Å²) < 4.78 is 0. The van der Waals surface area contributed by atoms with Gasteiger partial charge in [-0.3, -0.25) is 19.7 Å². The molecule has 0 fully saturated rings. The Kier molecular flexibility index (Phi) is 5.19. The van der Waals surface area contributed by atoms with Gasteiger partial charge in [0.05, 0.1) is 4.92 Å². The molecule has 0 spiro atoms. The number of nitro benzene ring substituents is 1. The van der Waals surface area contributed by atoms with E-state index in [9.17, 15) is 19.7 Å². The molecule has 0 saturated carbocycles. The van der Waals surface area contributed by atoms with E-state index < -0.39 is 10.9 Å². The molecule has 0 radical (unpaired) electrons. The molecule has 0 aliphatic carbocycles. The van der Waals surface area contributed by atoms with Gasteiger partial charge in [0.25, 0.3) is 11.6 Å². The van der Waals surface area contributed by atoms with E-state index in [-0.39, 0.29) is 30.1 Å². The van der Waals surface area contributed by atoms with Gasteiger partial charge in [0.2, 0.25) is 0 Å². The lowest BCUT2D eigenvalue weighted by Gasteiger charge is -2.17. The van der Waals surface area contributed by atoms with Crippen molar-refractivity contribution in [2.45, 2.75) is 19.8 Å². The molecule has 108 valence electrons. The van der Waals surface area contributed by atoms with Crippen LogP contribution < -0.4 is 0 Å². The van der Waals surface area contributed by atoms with Gasteiger partial charge in [-0.15, -0.1) is 0 Å². The molecule has 1 rings (SSSR count). The Morgan fingerprint density at radius 1 is 1.40 bits per heavy atom. The van der Waals surface area contributed by atoms with E-state index in [1.807, 2.05) is 0 Å². The second-order valence-corrected chi connectivity index (χ2v) is 4.43. The smallest absolute Gasteiger partial charge is 0.303 e. The van der Waals surface area contributed by atoms with E-state index in [4.69, 9.17) is 5.11 Å². The number of amides is 1. The Bertz CT molecular complexity index is 542. The maximum absolute atomic E-state index is 12.2. The van der Waals surface area contributed by atoms with Crippen molar-refractivity contribution in [2.75, 3.05) is 13.6 Å². The quantitative estimate of drug-likeness (QED) is 0.633. The zero-order valence-corrected chi connectivity index (χ0v) is 11.3. The van der Waals surface area contributed by atoms with Crippen LogP contribution in [0, 0.1) is 17.0 Å². The topological polar surface area (TPSA) is 101 Å². The average Bonchev–Trinajstić information content (AvgIpc) is 2.37. The predicted octanol–water partition coefficient (Wildman–Crippen LogP) is 1.84. The van der Waals surface area contributed by atoms with Gasteiger partial charge in [0, 0.05) is 37.2 Å². The van der Waals surface area contributed by atoms with Crippen molar-refractivity contribution in [1.29, 1.82) is 0 Å². The molecule has 1 aromatic rings. The van der Waals surface area contributed by atoms with Crippen LogP contribution in [0.2, 0.25) is 0 Å². The van der Waals surface area contributed by atoms with Crippen LogP contribution in [0.5, 0.6) is 0 Å². The first-order chi connectivity index (χ1) is 9.34. The van der Waals surface area contributed by atoms with Crippen molar-refractivity contribution >= 4 is 17.6 Å². The second kappa shape index (κ2) is 6.65. The minimum atomic E-state index is -0.919. The summed E-state index contributed by atoms with van der Waals surface area (Å²) >= 11 is 0. The molecule has 0 aliphatic heterocycles. The highest BCUT2D eigenvalue weighted by Crippen LogP contribution is 2.22. The van der Waals surface area contributed by atoms with Gasteiger partial charge in [-0.25, -0.2) is 0 Å². The molecule has 1 amide bonds. The summed E-state index contributed by atoms with van der Waals surface area (Å²) in [5.74, 6) is -1.27. The third kappa shape index (κ3) is 3.78. The number of carbonyl (C=O) groups is 2. The van der Waals surface area contributed by atoms with Gasteiger partial charge >= 0.3 is 5.97 Å². The average molecular weight is 280 g/mol. The largest absolute Gasteiger partial charge is 0.481 e. The molecule has 0 atom stereocenters. The summed E-state index contributed by atoms with van der Waals surface area (Å²) in [5, 5.41) is 19.4. The monoisotopic (exact) mass is 280 g/mol. The molecule has 0 aromatic heterocycles. The number of benzene rings is 1. The molecule has 20 heavy (non-hydrogen) atoms. The summed E-state index contributed by atoms with van der Waals surface area (Å²) in [6, 6.07) is 4.33. The number of aliphatic carboxylic acids is 1. The van der Waals surface area contributed by atoms with E-state index in [1.54, 1.807) is 7.05 Å². The standard InChI is InChI=1S/C13H16N2O5/c1-9-10(5-3-6-11(9)15(19)20)13(18)14(2)8-4-7-12(16)17/h3,5-6H,4,7-8H2,1-2H3,(H,16,17). The lowest BCUT2D eigenvalue weighted by Crippen LogP contribution is -2.28. The maximum atomic E-state index is 12.2. The molecule has 0 bridgehead atoms. The molecule has 0 heterocycles. The highest BCUT2D eigenvalue weighted by Gasteiger charge is 2.20. The van der Waals surface area contributed by atoms with Crippen molar-refractivity contribution in [1.82, 2.24) is 4.90 Å². The predicted molar refractivity (Wildman–Crippen MR) is 71.7 cm³/mol. The van der Waals surface area contributed by atoms with Crippen LogP contribution in [-0.4, -0.2) is 40.4 Å². The Morgan fingerprint density at radius 2 is 2.05 bits per heavy atom. The molecular weight excluding hydrogens is 264 g/mol. The number of carboxylic acid groups (broad SMARTS) is 1. The molecular formula is C13H16N2O5. The van der Waals surface area contributed by atoms with Crippen LogP contribution in [0.1, 0.15) is 28.8 Å². The van der Waals surface area contributed by atoms with E-state index in [0.717, 1.165) is 0 Å². The van der Waals surface area contributed by atoms with E-state index in [0.29, 0.717) is 12.0 Å². The third-order valence-corrected chi connectivity index (χ3v) is 2.96. The van der Waals surface area contributed by atoms with Gasteiger partial charge < -0.3 is 10.0 Å². The van der Waals surface area contributed by atoms with Crippen molar-refractivity contribution < 1.29 is 19.6 Å². The first-order valence-corrected chi connectivity index (χ1v) is 6.06. The summed E-state index contributed by atoms with van der Waals surface area (Å²) in [7, 11) is 1.54. The normalized spacial score (nSPS) is 10.1. The molecule has 0 unspecified atom stereocenters. The van der Waals surface area contributed by atoms with Crippen LogP contribution in [0.4, 0.5) is 5.69 Å². The summed E-state index contributed by atoms with van der Waals surface area (Å²) in [6.45, 7) is 1.81. The van der Waals surface area contributed by atoms with Gasteiger partial charge in [-0.05, 0) is 19.4 Å². The fraction of sp³-hybridized carbons (Fsp3) is 0.385. The molecule has 1 aromatic carbocycles. The molecule has 1 N–H and O–H groups in total. The Hall–Kier alpha value is -2.44. The zero-order valence-electron chi connectivity index (χ0n) is 11.3. The minimum Gasteiger partial charge on any atom is -0.481 e. The van der Waals surface area contributed by atoms with Crippen LogP contribution in [0.25, 0.3) is 0 Å². The van der Waals surface area contributed by atoms with Crippen LogP contribution in [-0.2, 0) is 4.79 Å². The fourth-order valence-electron chi connectivity index (χ4n) is 1.83. The summed E-state index contributed by atoms with van der Waals surface area (Å²) in [5.41, 5.74) is 0.472. The second-order valence-electron chi connectivity index (χ2n) is 4.43. The van der Waals surface area contributed by atoms with Gasteiger partial charge in [-0.2, -0.15) is 0 Å². The molecule has 7 heteroatoms. The van der Waals surface area contributed by atoms with E-state index in [2.05, 4.69) is 0 Å². The number of hydrogen-bond donors (Lipinski definition) is 1. The number of carboxylic acids is 1. The first kappa shape index (κ1) is 15.6. The van der Waals surface area contributed by atoms with Crippen molar-refractivity contribution in [2.24, 2.45) is 0 Å². The van der Waals surface area contributed by atoms with Crippen molar-refractivity contribution in [3.63, 3.8) is 0 Å². The van der Waals surface area contributed by atoms with Gasteiger partial charge in [0.15, 0.2) is 0 Å². The zero-order chi connectivity index (χ0) is 15.3. The summed E-state index contributed by atoms with van der Waals surface area (Å²) in [6.07, 6.45) is 0.317. The Labute approximate surface area is 116 Å². The Balaban J connectivity index is 2.84. The number of carbonyl (C=O) groups excluding carboxylic acids is 1. The lowest BCUT2D eigenvalue weighted by atomic mass is 10.1. The van der Waals surface area contributed by atoms with E-state index in [1.165, 1.54) is 30.0 Å². The number of nitro groups is 1. The minimum absolute atomic E-state index is 0.0223. The van der Waals surface area contributed by atoms with Crippen LogP contribution >= 0.6 is 0 Å². The first-order valence-electron chi connectivity index (χ1n) is 6.06. The molecule has 7 nitrogen and oxygen atoms in total. The molecule has 0 aliphatic rings. The molecule has 0 saturated heterocycles. The van der Waals surface area contributed by atoms with Crippen molar-refractivity contribution in [3.05, 3.63) is 39.4 Å². The Morgan fingerprint density at radius 3 is 2.60 bits per heavy atom. The van der Waals surface area contributed by atoms with Crippen LogP contribution in [0.3, 0.4) is 0 Å². The van der Waals surface area contributed by atoms with E-state index >= 15 is 0 Å². The summed E-state index contributed by atoms with van der Waals surface area (Å²) in [4.78, 5) is 34.3. The lowest BCUT2D eigenvalue weighted by molar-refractivity contribution is -0.385. The number of rotatable bonds is 6. The number of nitrogens with zero attached hydrogens (tertiary/aromatic N) is 2. The SMILES string of the molecule is Cc1c(C(=O)N(C)CCCC(=O)O)cccc1[N+](=O)[O-].